The van der Waals surface area contributed by atoms with E-state index in [0.717, 1.165) is 24.0 Å². The van der Waals surface area contributed by atoms with Crippen LogP contribution in [0, 0.1) is 11.6 Å². The van der Waals surface area contributed by atoms with E-state index in [9.17, 15) is 13.6 Å². The highest BCUT2D eigenvalue weighted by Crippen LogP contribution is 2.01. The van der Waals surface area contributed by atoms with E-state index in [1.807, 2.05) is 20.8 Å². The van der Waals surface area contributed by atoms with Gasteiger partial charge in [-0.15, -0.1) is 0 Å². The fraction of sp³-hybridized carbons (Fsp3) is 0.381. The summed E-state index contributed by atoms with van der Waals surface area (Å²) < 4.78 is 39.1. The van der Waals surface area contributed by atoms with E-state index in [1.54, 1.807) is 18.4 Å². The smallest absolute Gasteiger partial charge is 0.255 e. The summed E-state index contributed by atoms with van der Waals surface area (Å²) in [5.41, 5.74) is -0.0183. The van der Waals surface area contributed by atoms with Gasteiger partial charge in [0.25, 0.3) is 5.56 Å². The Morgan fingerprint density at radius 2 is 1.86 bits per heavy atom. The summed E-state index contributed by atoms with van der Waals surface area (Å²) >= 11 is 0. The van der Waals surface area contributed by atoms with Crippen LogP contribution >= 0.6 is 0 Å². The van der Waals surface area contributed by atoms with Crippen LogP contribution in [0.25, 0.3) is 0 Å². The molecule has 0 fully saturated rings. The number of aromatic nitrogens is 1. The number of hydrogen-bond donors (Lipinski definition) is 1. The molecule has 5 nitrogen and oxygen atoms in total. The molecule has 2 aromatic rings. The van der Waals surface area contributed by atoms with E-state index in [0.29, 0.717) is 25.3 Å². The van der Waals surface area contributed by atoms with Crippen LogP contribution in [0.3, 0.4) is 0 Å². The van der Waals surface area contributed by atoms with Crippen LogP contribution in [-0.2, 0) is 24.4 Å². The van der Waals surface area contributed by atoms with Crippen LogP contribution in [0.2, 0.25) is 0 Å². The second kappa shape index (κ2) is 13.6. The first-order valence-corrected chi connectivity index (χ1v) is 9.33. The maximum absolute atomic E-state index is 13.7. The molecule has 0 aliphatic heterocycles. The molecule has 1 N–H and O–H groups in total. The van der Waals surface area contributed by atoms with Crippen LogP contribution in [0.15, 0.2) is 58.1 Å². The molecule has 0 aliphatic rings. The van der Waals surface area contributed by atoms with Crippen LogP contribution in [0.1, 0.15) is 32.1 Å². The standard InChI is InChI=1S/C19H22F2N2O3.C2H6/c1-2-25-11-9-23-8-7-17(21)12-16(20)6-5-15(19(23)24)13-22-14-18-4-3-10-26-18;1-2/h3-8,10,12,22H,2,9,11,13-14H2,1H3;1-2H3. The Kier molecular flexibility index (Phi) is 11.5. The summed E-state index contributed by atoms with van der Waals surface area (Å²) in [6.07, 6.45) is 2.86. The lowest BCUT2D eigenvalue weighted by molar-refractivity contribution is 0.138. The van der Waals surface area contributed by atoms with Gasteiger partial charge in [0.2, 0.25) is 0 Å². The van der Waals surface area contributed by atoms with E-state index in [4.69, 9.17) is 9.15 Å². The zero-order chi connectivity index (χ0) is 20.8. The third-order valence-corrected chi connectivity index (χ3v) is 3.54. The van der Waals surface area contributed by atoms with Gasteiger partial charge in [-0.3, -0.25) is 4.79 Å². The SMILES string of the molecule is CC.CCOCCn1ccc(F)cc(F)ccc(CNCc2ccco2)c1=O. The number of furan rings is 1. The quantitative estimate of drug-likeness (QED) is 0.682. The predicted molar refractivity (Wildman–Crippen MR) is 105 cm³/mol. The van der Waals surface area contributed by atoms with Gasteiger partial charge in [-0.05, 0) is 37.3 Å². The van der Waals surface area contributed by atoms with Gasteiger partial charge < -0.3 is 19.0 Å². The number of nitrogens with zero attached hydrogens (tertiary/aromatic N) is 1. The second-order valence-electron chi connectivity index (χ2n) is 5.47. The summed E-state index contributed by atoms with van der Waals surface area (Å²) in [6.45, 7) is 7.57. The third kappa shape index (κ3) is 8.45. The minimum atomic E-state index is -0.777. The number of nitrogens with one attached hydrogen (secondary N) is 1. The average Bonchev–Trinajstić information content (AvgIpc) is 3.21. The molecule has 0 aromatic carbocycles. The zero-order valence-corrected chi connectivity index (χ0v) is 16.6. The van der Waals surface area contributed by atoms with Gasteiger partial charge in [-0.25, -0.2) is 8.78 Å². The summed E-state index contributed by atoms with van der Waals surface area (Å²) in [4.78, 5) is 12.8. The molecule has 0 amide bonds. The lowest BCUT2D eigenvalue weighted by Crippen LogP contribution is -2.26. The van der Waals surface area contributed by atoms with Crippen LogP contribution in [-0.4, -0.2) is 17.8 Å². The monoisotopic (exact) mass is 394 g/mol. The highest BCUT2D eigenvalue weighted by molar-refractivity contribution is 5.11. The molecule has 0 radical (unpaired) electrons. The van der Waals surface area contributed by atoms with Crippen molar-refractivity contribution >= 4 is 0 Å². The number of hydrogen-bond acceptors (Lipinski definition) is 4. The first-order valence-electron chi connectivity index (χ1n) is 9.33. The lowest BCUT2D eigenvalue weighted by atomic mass is 10.2. The molecule has 28 heavy (non-hydrogen) atoms. The van der Waals surface area contributed by atoms with Crippen molar-refractivity contribution in [2.75, 3.05) is 13.2 Å². The van der Waals surface area contributed by atoms with Crippen molar-refractivity contribution in [3.63, 3.8) is 0 Å². The van der Waals surface area contributed by atoms with Gasteiger partial charge >= 0.3 is 0 Å². The van der Waals surface area contributed by atoms with Crippen molar-refractivity contribution in [2.45, 2.75) is 40.4 Å². The van der Waals surface area contributed by atoms with E-state index < -0.39 is 11.6 Å². The Hall–Kier alpha value is -2.51. The number of halogens is 2. The Bertz CT molecular complexity index is 804. The first kappa shape index (κ1) is 23.5. The fourth-order valence-electron chi connectivity index (χ4n) is 2.24. The lowest BCUT2D eigenvalue weighted by Gasteiger charge is -2.07. The van der Waals surface area contributed by atoms with Crippen molar-refractivity contribution < 1.29 is 17.9 Å². The van der Waals surface area contributed by atoms with Gasteiger partial charge in [0.05, 0.1) is 19.4 Å². The van der Waals surface area contributed by atoms with E-state index >= 15 is 0 Å². The van der Waals surface area contributed by atoms with Gasteiger partial charge in [0.15, 0.2) is 0 Å². The molecule has 7 heteroatoms. The third-order valence-electron chi connectivity index (χ3n) is 3.54. The fourth-order valence-corrected chi connectivity index (χ4v) is 2.24. The van der Waals surface area contributed by atoms with Gasteiger partial charge in [0.1, 0.15) is 17.4 Å². The maximum atomic E-state index is 13.7. The van der Waals surface area contributed by atoms with Crippen molar-refractivity contribution in [1.29, 1.82) is 0 Å². The molecule has 0 atom stereocenters. The minimum absolute atomic E-state index is 0.203. The summed E-state index contributed by atoms with van der Waals surface area (Å²) in [6, 6.07) is 7.81. The Balaban J connectivity index is 0.00000190. The van der Waals surface area contributed by atoms with Gasteiger partial charge in [-0.1, -0.05) is 13.8 Å². The Morgan fingerprint density at radius 3 is 2.54 bits per heavy atom. The molecule has 0 unspecified atom stereocenters. The van der Waals surface area contributed by atoms with Crippen LogP contribution in [0.5, 0.6) is 0 Å². The van der Waals surface area contributed by atoms with Crippen LogP contribution < -0.4 is 10.9 Å². The highest BCUT2D eigenvalue weighted by atomic mass is 19.1. The number of ether oxygens (including phenoxy) is 1. The maximum Gasteiger partial charge on any atom is 0.255 e. The molecule has 2 aromatic heterocycles. The Labute approximate surface area is 164 Å². The van der Waals surface area contributed by atoms with Crippen molar-refractivity contribution in [2.24, 2.45) is 0 Å². The molecule has 2 heterocycles. The second-order valence-corrected chi connectivity index (χ2v) is 5.47. The molecular weight excluding hydrogens is 366 g/mol. The molecule has 154 valence electrons. The molecule has 0 bridgehead atoms. The first-order chi connectivity index (χ1) is 13.6. The Morgan fingerprint density at radius 1 is 1.11 bits per heavy atom. The van der Waals surface area contributed by atoms with Crippen LogP contribution in [0.4, 0.5) is 8.78 Å². The molecule has 0 saturated heterocycles. The normalized spacial score (nSPS) is 10.0. The topological polar surface area (TPSA) is 56.4 Å². The van der Waals surface area contributed by atoms with Crippen molar-refractivity contribution in [3.8, 4) is 0 Å². The summed E-state index contributed by atoms with van der Waals surface area (Å²) in [7, 11) is 0. The summed E-state index contributed by atoms with van der Waals surface area (Å²) in [5.74, 6) is -0.829. The van der Waals surface area contributed by atoms with Crippen molar-refractivity contribution in [1.82, 2.24) is 9.88 Å². The minimum Gasteiger partial charge on any atom is -0.468 e. The average molecular weight is 394 g/mol. The molecule has 0 saturated carbocycles. The largest absolute Gasteiger partial charge is 0.468 e. The van der Waals surface area contributed by atoms with E-state index in [1.165, 1.54) is 16.8 Å². The van der Waals surface area contributed by atoms with Crippen molar-refractivity contribution in [3.05, 3.63) is 82.2 Å². The number of rotatable bonds is 8. The molecule has 0 aliphatic carbocycles. The van der Waals surface area contributed by atoms with Gasteiger partial charge in [0, 0.05) is 37.5 Å². The summed E-state index contributed by atoms with van der Waals surface area (Å²) in [5, 5.41) is 3.08. The molecule has 2 rings (SSSR count). The van der Waals surface area contributed by atoms with E-state index in [-0.39, 0.29) is 18.6 Å². The molecular formula is C21H28F2N2O3. The molecule has 0 spiro atoms. The van der Waals surface area contributed by atoms with Gasteiger partial charge in [-0.2, -0.15) is 0 Å². The highest BCUT2D eigenvalue weighted by Gasteiger charge is 2.03. The van der Waals surface area contributed by atoms with E-state index in [2.05, 4.69) is 5.32 Å². The zero-order valence-electron chi connectivity index (χ0n) is 16.6. The predicted octanol–water partition coefficient (Wildman–Crippen LogP) is 4.20.